The van der Waals surface area contributed by atoms with E-state index in [1.807, 2.05) is 0 Å². The molecule has 0 heteroatoms. The van der Waals surface area contributed by atoms with Crippen LogP contribution in [0, 0.1) is 18.3 Å². The molecule has 2 rings (SSSR count). The molecule has 0 N–H and O–H groups in total. The predicted octanol–water partition coefficient (Wildman–Crippen LogP) is 2.01. The smallest absolute Gasteiger partial charge is 0.0419 e. The molecule has 0 amide bonds. The molecule has 2 bridgehead atoms. The topological polar surface area (TPSA) is 0 Å². The lowest BCUT2D eigenvalue weighted by Gasteiger charge is -1.97. The number of hydrogen-bond acceptors (Lipinski definition) is 0. The van der Waals surface area contributed by atoms with Crippen molar-refractivity contribution >= 4 is 0 Å². The first-order chi connectivity index (χ1) is 3.45. The van der Waals surface area contributed by atoms with E-state index in [0.717, 1.165) is 11.8 Å². The van der Waals surface area contributed by atoms with Crippen LogP contribution in [-0.2, 0) is 0 Å². The first-order valence-electron chi connectivity index (χ1n) is 3.28. The first kappa shape index (κ1) is 3.82. The summed E-state index contributed by atoms with van der Waals surface area (Å²) in [6.45, 7) is 0. The van der Waals surface area contributed by atoms with E-state index in [2.05, 4.69) is 6.42 Å². The average Bonchev–Trinajstić information content (AvgIpc) is 2.22. The molecule has 0 heterocycles. The summed E-state index contributed by atoms with van der Waals surface area (Å²) >= 11 is 0. The molecule has 0 aromatic rings. The normalized spacial score (nSPS) is 46.9. The third-order valence-corrected chi connectivity index (χ3v) is 2.38. The lowest BCUT2D eigenvalue weighted by atomic mass is 10.0. The van der Waals surface area contributed by atoms with Crippen molar-refractivity contribution in [2.75, 3.05) is 0 Å². The molecule has 2 aliphatic carbocycles. The molecule has 0 aromatic heterocycles. The van der Waals surface area contributed by atoms with Crippen molar-refractivity contribution in [3.8, 4) is 0 Å². The predicted molar refractivity (Wildman–Crippen MR) is 29.7 cm³/mol. The third-order valence-electron chi connectivity index (χ3n) is 2.38. The maximum absolute atomic E-state index is 2.51. The van der Waals surface area contributed by atoms with Gasteiger partial charge in [-0.2, -0.15) is 0 Å². The SMILES string of the molecule is [CH+]1CC2CCC1C2. The van der Waals surface area contributed by atoms with Crippen LogP contribution in [0.4, 0.5) is 0 Å². The van der Waals surface area contributed by atoms with Crippen LogP contribution in [0.25, 0.3) is 0 Å². The van der Waals surface area contributed by atoms with Crippen LogP contribution in [0.5, 0.6) is 0 Å². The Labute approximate surface area is 44.9 Å². The second kappa shape index (κ2) is 1.18. The summed E-state index contributed by atoms with van der Waals surface area (Å²) in [5.41, 5.74) is 0. The highest BCUT2D eigenvalue weighted by Gasteiger charge is 2.38. The minimum atomic E-state index is 1.05. The quantitative estimate of drug-likeness (QED) is 0.404. The van der Waals surface area contributed by atoms with E-state index in [4.69, 9.17) is 0 Å². The van der Waals surface area contributed by atoms with Gasteiger partial charge in [-0.3, -0.25) is 0 Å². The van der Waals surface area contributed by atoms with Crippen LogP contribution in [0.3, 0.4) is 0 Å². The van der Waals surface area contributed by atoms with Crippen LogP contribution in [0.1, 0.15) is 25.7 Å². The minimum Gasteiger partial charge on any atom is -0.0419 e. The molecule has 0 radical (unpaired) electrons. The zero-order chi connectivity index (χ0) is 4.69. The molecule has 2 aliphatic rings. The van der Waals surface area contributed by atoms with E-state index in [1.54, 1.807) is 0 Å². The van der Waals surface area contributed by atoms with E-state index in [9.17, 15) is 0 Å². The second-order valence-electron chi connectivity index (χ2n) is 2.91. The molecular formula is C7H11+. The highest BCUT2D eigenvalue weighted by atomic mass is 14.4. The van der Waals surface area contributed by atoms with Gasteiger partial charge in [0.25, 0.3) is 0 Å². The largest absolute Gasteiger partial charge is 0.0982 e. The van der Waals surface area contributed by atoms with E-state index >= 15 is 0 Å². The van der Waals surface area contributed by atoms with E-state index in [1.165, 1.54) is 25.7 Å². The van der Waals surface area contributed by atoms with Gasteiger partial charge in [0.05, 0.1) is 18.8 Å². The van der Waals surface area contributed by atoms with Crippen LogP contribution in [0.2, 0.25) is 0 Å². The Morgan fingerprint density at radius 3 is 2.43 bits per heavy atom. The Hall–Kier alpha value is -0.130. The van der Waals surface area contributed by atoms with Gasteiger partial charge in [0, 0.05) is 5.92 Å². The van der Waals surface area contributed by atoms with E-state index < -0.39 is 0 Å². The summed E-state index contributed by atoms with van der Waals surface area (Å²) < 4.78 is 0. The molecule has 0 nitrogen and oxygen atoms in total. The van der Waals surface area contributed by atoms with Gasteiger partial charge in [0.2, 0.25) is 0 Å². The Balaban J connectivity index is 2.12. The Kier molecular flexibility index (Phi) is 0.643. The highest BCUT2D eigenvalue weighted by molar-refractivity contribution is 4.94. The molecule has 2 unspecified atom stereocenters. The summed E-state index contributed by atoms with van der Waals surface area (Å²) in [6.07, 6.45) is 8.50. The summed E-state index contributed by atoms with van der Waals surface area (Å²) in [5, 5.41) is 0. The van der Waals surface area contributed by atoms with E-state index in [0.29, 0.717) is 0 Å². The van der Waals surface area contributed by atoms with Gasteiger partial charge in [0.15, 0.2) is 0 Å². The molecule has 2 atom stereocenters. The monoisotopic (exact) mass is 95.1 g/mol. The molecular weight excluding hydrogens is 84.1 g/mol. The zero-order valence-corrected chi connectivity index (χ0v) is 4.56. The fourth-order valence-corrected chi connectivity index (χ4v) is 1.93. The van der Waals surface area contributed by atoms with Crippen molar-refractivity contribution in [1.82, 2.24) is 0 Å². The number of rotatable bonds is 0. The summed E-state index contributed by atoms with van der Waals surface area (Å²) in [5.74, 6) is 2.16. The fourth-order valence-electron chi connectivity index (χ4n) is 1.93. The molecule has 2 saturated carbocycles. The van der Waals surface area contributed by atoms with Gasteiger partial charge in [-0.15, -0.1) is 0 Å². The second-order valence-corrected chi connectivity index (χ2v) is 2.91. The standard InChI is InChI=1S/C7H11/c1-2-7-4-3-6(1)5-7/h1,6-7H,2-5H2/q+1. The molecule has 0 aliphatic heterocycles. The maximum Gasteiger partial charge on any atom is 0.0982 e. The van der Waals surface area contributed by atoms with Crippen molar-refractivity contribution in [2.45, 2.75) is 25.7 Å². The third kappa shape index (κ3) is 0.457. The Morgan fingerprint density at radius 2 is 2.29 bits per heavy atom. The lowest BCUT2D eigenvalue weighted by molar-refractivity contribution is 0.557. The van der Waals surface area contributed by atoms with E-state index in [-0.39, 0.29) is 0 Å². The molecule has 7 heavy (non-hydrogen) atoms. The summed E-state index contributed by atoms with van der Waals surface area (Å²) in [6, 6.07) is 0. The van der Waals surface area contributed by atoms with Crippen LogP contribution in [0.15, 0.2) is 0 Å². The highest BCUT2D eigenvalue weighted by Crippen LogP contribution is 2.43. The summed E-state index contributed by atoms with van der Waals surface area (Å²) in [7, 11) is 0. The molecule has 2 fully saturated rings. The molecule has 0 spiro atoms. The van der Waals surface area contributed by atoms with Gasteiger partial charge in [0.1, 0.15) is 0 Å². The number of hydrogen-bond donors (Lipinski definition) is 0. The Morgan fingerprint density at radius 1 is 1.29 bits per heavy atom. The zero-order valence-electron chi connectivity index (χ0n) is 4.56. The van der Waals surface area contributed by atoms with Crippen molar-refractivity contribution < 1.29 is 0 Å². The van der Waals surface area contributed by atoms with Crippen molar-refractivity contribution in [3.05, 3.63) is 6.42 Å². The Bertz CT molecular complexity index is 58.1. The fraction of sp³-hybridized carbons (Fsp3) is 0.857. The molecule has 0 aromatic carbocycles. The van der Waals surface area contributed by atoms with Crippen molar-refractivity contribution in [3.63, 3.8) is 0 Å². The van der Waals surface area contributed by atoms with Gasteiger partial charge in [-0.25, -0.2) is 0 Å². The first-order valence-corrected chi connectivity index (χ1v) is 3.28. The summed E-state index contributed by atoms with van der Waals surface area (Å²) in [4.78, 5) is 0. The van der Waals surface area contributed by atoms with Gasteiger partial charge >= 0.3 is 0 Å². The lowest BCUT2D eigenvalue weighted by Crippen LogP contribution is -1.92. The van der Waals surface area contributed by atoms with Crippen molar-refractivity contribution in [2.24, 2.45) is 11.8 Å². The van der Waals surface area contributed by atoms with Crippen LogP contribution in [-0.4, -0.2) is 0 Å². The van der Waals surface area contributed by atoms with Gasteiger partial charge < -0.3 is 0 Å². The number of fused-ring (bicyclic) bond motifs is 2. The van der Waals surface area contributed by atoms with Crippen molar-refractivity contribution in [1.29, 1.82) is 0 Å². The molecule has 0 saturated heterocycles. The average molecular weight is 95.2 g/mol. The molecule has 38 valence electrons. The minimum absolute atomic E-state index is 1.05. The van der Waals surface area contributed by atoms with Gasteiger partial charge in [-0.05, 0) is 19.3 Å². The van der Waals surface area contributed by atoms with Crippen LogP contribution < -0.4 is 0 Å². The maximum atomic E-state index is 2.51. The van der Waals surface area contributed by atoms with Gasteiger partial charge in [-0.1, -0.05) is 0 Å². The van der Waals surface area contributed by atoms with Crippen LogP contribution >= 0.6 is 0 Å².